The van der Waals surface area contributed by atoms with E-state index in [4.69, 9.17) is 0 Å². The third kappa shape index (κ3) is 5.60. The van der Waals surface area contributed by atoms with Crippen LogP contribution in [0.3, 0.4) is 0 Å². The quantitative estimate of drug-likeness (QED) is 0.532. The van der Waals surface area contributed by atoms with Gasteiger partial charge in [-0.2, -0.15) is 0 Å². The fourth-order valence-electron chi connectivity index (χ4n) is 3.34. The van der Waals surface area contributed by atoms with E-state index in [2.05, 4.69) is 10.6 Å². The van der Waals surface area contributed by atoms with Gasteiger partial charge >= 0.3 is 0 Å². The smallest absolute Gasteiger partial charge is 0.269 e. The normalized spacial score (nSPS) is 21.2. The Bertz CT molecular complexity index is 680. The van der Waals surface area contributed by atoms with E-state index in [-0.39, 0.29) is 22.9 Å². The Morgan fingerprint density at radius 2 is 2.08 bits per heavy atom. The van der Waals surface area contributed by atoms with Crippen molar-refractivity contribution in [2.45, 2.75) is 57.2 Å². The van der Waals surface area contributed by atoms with E-state index >= 15 is 0 Å². The Hall–Kier alpha value is -1.80. The Morgan fingerprint density at radius 3 is 2.73 bits per heavy atom. The van der Waals surface area contributed by atoms with Crippen LogP contribution < -0.4 is 10.6 Å². The van der Waals surface area contributed by atoms with Crippen molar-refractivity contribution in [1.82, 2.24) is 5.32 Å². The number of nitro groups is 1. The van der Waals surface area contributed by atoms with E-state index in [1.165, 1.54) is 12.1 Å². The predicted molar refractivity (Wildman–Crippen MR) is 104 cm³/mol. The first-order chi connectivity index (χ1) is 12.4. The van der Waals surface area contributed by atoms with Gasteiger partial charge in [0, 0.05) is 53.4 Å². The summed E-state index contributed by atoms with van der Waals surface area (Å²) >= 11 is 0. The average Bonchev–Trinajstić information content (AvgIpc) is 2.63. The summed E-state index contributed by atoms with van der Waals surface area (Å²) in [6.45, 7) is 4.20. The second-order valence-electron chi connectivity index (χ2n) is 6.61. The predicted octanol–water partition coefficient (Wildman–Crippen LogP) is 2.90. The summed E-state index contributed by atoms with van der Waals surface area (Å²) in [5, 5.41) is 17.1. The number of nitrogens with zero attached hydrogens (tertiary/aromatic N) is 1. The third-order valence-corrected chi connectivity index (χ3v) is 6.59. The van der Waals surface area contributed by atoms with Crippen molar-refractivity contribution in [3.05, 3.63) is 33.9 Å². The van der Waals surface area contributed by atoms with E-state index in [0.717, 1.165) is 25.7 Å². The first kappa shape index (κ1) is 20.5. The summed E-state index contributed by atoms with van der Waals surface area (Å²) in [7, 11) is -0.817. The minimum absolute atomic E-state index is 0.00873. The minimum Gasteiger partial charge on any atom is -0.326 e. The van der Waals surface area contributed by atoms with Crippen LogP contribution in [-0.2, 0) is 15.6 Å². The zero-order valence-corrected chi connectivity index (χ0v) is 16.1. The SMILES string of the molecule is CC[S@](=O)[C@H]1CCCC[C@H]1NCCC(=O)Nc1ccc([N+](=O)[O-])cc1C. The van der Waals surface area contributed by atoms with Gasteiger partial charge in [-0.1, -0.05) is 19.8 Å². The molecule has 2 N–H and O–H groups in total. The van der Waals surface area contributed by atoms with Crippen LogP contribution in [0.2, 0.25) is 0 Å². The summed E-state index contributed by atoms with van der Waals surface area (Å²) in [5.41, 5.74) is 1.25. The zero-order chi connectivity index (χ0) is 19.1. The highest BCUT2D eigenvalue weighted by Crippen LogP contribution is 2.23. The minimum atomic E-state index is -0.817. The number of amides is 1. The number of hydrogen-bond acceptors (Lipinski definition) is 5. The van der Waals surface area contributed by atoms with Crippen LogP contribution in [-0.4, -0.2) is 38.6 Å². The van der Waals surface area contributed by atoms with E-state index in [9.17, 15) is 19.1 Å². The van der Waals surface area contributed by atoms with Gasteiger partial charge in [-0.3, -0.25) is 19.1 Å². The second kappa shape index (κ2) is 9.78. The molecule has 0 aliphatic heterocycles. The third-order valence-electron chi connectivity index (χ3n) is 4.78. The molecule has 8 heteroatoms. The lowest BCUT2D eigenvalue weighted by molar-refractivity contribution is -0.384. The maximum atomic E-state index is 12.2. The molecule has 1 aromatic carbocycles. The van der Waals surface area contributed by atoms with Gasteiger partial charge in [0.1, 0.15) is 0 Å². The molecule has 26 heavy (non-hydrogen) atoms. The van der Waals surface area contributed by atoms with Crippen molar-refractivity contribution < 1.29 is 13.9 Å². The number of anilines is 1. The Labute approximate surface area is 156 Å². The lowest BCUT2D eigenvalue weighted by atomic mass is 9.95. The molecule has 0 aromatic heterocycles. The molecule has 0 heterocycles. The van der Waals surface area contributed by atoms with E-state index in [0.29, 0.717) is 30.0 Å². The first-order valence-electron chi connectivity index (χ1n) is 9.07. The van der Waals surface area contributed by atoms with Gasteiger partial charge in [0.2, 0.25) is 5.91 Å². The molecule has 1 aliphatic rings. The van der Waals surface area contributed by atoms with Crippen LogP contribution in [0.15, 0.2) is 18.2 Å². The van der Waals surface area contributed by atoms with Gasteiger partial charge in [0.05, 0.1) is 10.2 Å². The molecule has 0 saturated heterocycles. The summed E-state index contributed by atoms with van der Waals surface area (Å²) in [4.78, 5) is 22.5. The number of nitro benzene ring substituents is 1. The Balaban J connectivity index is 1.83. The molecule has 2 rings (SSSR count). The number of carbonyl (C=O) groups excluding carboxylic acids is 1. The van der Waals surface area contributed by atoms with Crippen molar-refractivity contribution in [2.75, 3.05) is 17.6 Å². The molecule has 1 aromatic rings. The van der Waals surface area contributed by atoms with Crippen LogP contribution in [0.4, 0.5) is 11.4 Å². The van der Waals surface area contributed by atoms with Crippen LogP contribution >= 0.6 is 0 Å². The molecule has 0 bridgehead atoms. The van der Waals surface area contributed by atoms with Crippen LogP contribution in [0.1, 0.15) is 44.6 Å². The number of nitrogens with one attached hydrogen (secondary N) is 2. The van der Waals surface area contributed by atoms with Gasteiger partial charge in [-0.15, -0.1) is 0 Å². The number of rotatable bonds is 8. The molecule has 0 radical (unpaired) electrons. The van der Waals surface area contributed by atoms with E-state index in [1.807, 2.05) is 6.92 Å². The topological polar surface area (TPSA) is 101 Å². The molecule has 3 atom stereocenters. The number of benzene rings is 1. The average molecular weight is 381 g/mol. The van der Waals surface area contributed by atoms with Gasteiger partial charge in [-0.05, 0) is 31.4 Å². The first-order valence-corrected chi connectivity index (χ1v) is 10.5. The fraction of sp³-hybridized carbons (Fsp3) is 0.611. The summed E-state index contributed by atoms with van der Waals surface area (Å²) in [5.74, 6) is 0.529. The van der Waals surface area contributed by atoms with Crippen molar-refractivity contribution in [3.63, 3.8) is 0 Å². The molecule has 0 spiro atoms. The van der Waals surface area contributed by atoms with Gasteiger partial charge < -0.3 is 10.6 Å². The lowest BCUT2D eigenvalue weighted by Crippen LogP contribution is -2.45. The molecule has 144 valence electrons. The highest BCUT2D eigenvalue weighted by atomic mass is 32.2. The van der Waals surface area contributed by atoms with Crippen molar-refractivity contribution in [2.24, 2.45) is 0 Å². The van der Waals surface area contributed by atoms with Crippen LogP contribution in [0, 0.1) is 17.0 Å². The largest absolute Gasteiger partial charge is 0.326 e. The van der Waals surface area contributed by atoms with Gasteiger partial charge in [0.25, 0.3) is 5.69 Å². The molecule has 1 saturated carbocycles. The molecule has 1 fully saturated rings. The highest BCUT2D eigenvalue weighted by Gasteiger charge is 2.28. The molecule has 1 aliphatic carbocycles. The Kier molecular flexibility index (Phi) is 7.71. The summed E-state index contributed by atoms with van der Waals surface area (Å²) < 4.78 is 12.2. The molecule has 0 unspecified atom stereocenters. The van der Waals surface area contributed by atoms with E-state index < -0.39 is 15.7 Å². The van der Waals surface area contributed by atoms with Crippen LogP contribution in [0.25, 0.3) is 0 Å². The van der Waals surface area contributed by atoms with Crippen molar-refractivity contribution in [1.29, 1.82) is 0 Å². The number of carbonyl (C=O) groups is 1. The maximum Gasteiger partial charge on any atom is 0.269 e. The zero-order valence-electron chi connectivity index (χ0n) is 15.3. The fourth-order valence-corrected chi connectivity index (χ4v) is 4.80. The molecular formula is C18H27N3O4S. The lowest BCUT2D eigenvalue weighted by Gasteiger charge is -2.31. The number of non-ortho nitro benzene ring substituents is 1. The van der Waals surface area contributed by atoms with Crippen molar-refractivity contribution >= 4 is 28.1 Å². The maximum absolute atomic E-state index is 12.2. The second-order valence-corrected chi connectivity index (χ2v) is 8.55. The van der Waals surface area contributed by atoms with Gasteiger partial charge in [0.15, 0.2) is 0 Å². The monoisotopic (exact) mass is 381 g/mol. The molecular weight excluding hydrogens is 354 g/mol. The molecule has 7 nitrogen and oxygen atoms in total. The standard InChI is InChI=1S/C18H27N3O4S/c1-3-26(25)17-7-5-4-6-16(17)19-11-10-18(22)20-15-9-8-14(21(23)24)12-13(15)2/h8-9,12,16-17,19H,3-7,10-11H2,1-2H3,(H,20,22)/t16-,17+,26+/m1/s1. The Morgan fingerprint density at radius 1 is 1.35 bits per heavy atom. The summed E-state index contributed by atoms with van der Waals surface area (Å²) in [6.07, 6.45) is 4.53. The van der Waals surface area contributed by atoms with E-state index in [1.54, 1.807) is 13.0 Å². The number of aryl methyl sites for hydroxylation is 1. The highest BCUT2D eigenvalue weighted by molar-refractivity contribution is 7.85. The van der Waals surface area contributed by atoms with Crippen molar-refractivity contribution in [3.8, 4) is 0 Å². The molecule has 1 amide bonds. The summed E-state index contributed by atoms with van der Waals surface area (Å²) in [6, 6.07) is 4.59. The number of hydrogen-bond donors (Lipinski definition) is 2. The van der Waals surface area contributed by atoms with Gasteiger partial charge in [-0.25, -0.2) is 0 Å². The van der Waals surface area contributed by atoms with Crippen LogP contribution in [0.5, 0.6) is 0 Å².